The van der Waals surface area contributed by atoms with E-state index in [9.17, 15) is 4.39 Å². The highest BCUT2D eigenvalue weighted by Gasteiger charge is 2.20. The summed E-state index contributed by atoms with van der Waals surface area (Å²) in [7, 11) is 0. The summed E-state index contributed by atoms with van der Waals surface area (Å²) in [4.78, 5) is 18.0. The maximum Gasteiger partial charge on any atom is 0.223 e. The molecule has 0 spiro atoms. The number of fused-ring (bicyclic) bond motifs is 2. The molecule has 7 heteroatoms. The molecule has 6 nitrogen and oxygen atoms in total. The standard InChI is InChI=1S/C20H23FN6/c1-11(2)27-13(4)25-19-18(27)7-14(9-22-19)15-5-6-17-16(15)10-23-20(26-17)24-12(3)8-21/h5,7,9-12H,6,8H2,1-4H3,(H,23,24,26)/t12-/m0/s1. The minimum absolute atomic E-state index is 0.303. The first kappa shape index (κ1) is 17.6. The largest absolute Gasteiger partial charge is 0.349 e. The first-order chi connectivity index (χ1) is 13.0. The molecule has 0 radical (unpaired) electrons. The number of allylic oxidation sites excluding steroid dienone is 1. The van der Waals surface area contributed by atoms with Crippen LogP contribution in [0.2, 0.25) is 0 Å². The van der Waals surface area contributed by atoms with Crippen molar-refractivity contribution < 1.29 is 4.39 Å². The van der Waals surface area contributed by atoms with Crippen molar-refractivity contribution in [3.8, 4) is 0 Å². The van der Waals surface area contributed by atoms with Gasteiger partial charge in [0, 0.05) is 36.0 Å². The van der Waals surface area contributed by atoms with E-state index in [1.165, 1.54) is 0 Å². The fourth-order valence-corrected chi connectivity index (χ4v) is 3.60. The summed E-state index contributed by atoms with van der Waals surface area (Å²) in [5, 5.41) is 2.98. The van der Waals surface area contributed by atoms with Crippen LogP contribution in [0.25, 0.3) is 16.7 Å². The smallest absolute Gasteiger partial charge is 0.223 e. The van der Waals surface area contributed by atoms with Gasteiger partial charge in [-0.05, 0) is 39.3 Å². The van der Waals surface area contributed by atoms with Gasteiger partial charge in [0.25, 0.3) is 0 Å². The van der Waals surface area contributed by atoms with Crippen LogP contribution in [0.4, 0.5) is 10.3 Å². The monoisotopic (exact) mass is 366 g/mol. The SMILES string of the molecule is Cc1nc2ncc(C3=CCc4nc(N[C@@H](C)CF)ncc43)cc2n1C(C)C. The highest BCUT2D eigenvalue weighted by Crippen LogP contribution is 2.33. The van der Waals surface area contributed by atoms with Crippen molar-refractivity contribution in [1.29, 1.82) is 0 Å². The summed E-state index contributed by atoms with van der Waals surface area (Å²) in [5.74, 6) is 1.43. The maximum atomic E-state index is 12.7. The molecule has 1 N–H and O–H groups in total. The molecular weight excluding hydrogens is 343 g/mol. The molecule has 0 aromatic carbocycles. The van der Waals surface area contributed by atoms with Crippen LogP contribution >= 0.6 is 0 Å². The number of aromatic nitrogens is 5. The maximum absolute atomic E-state index is 12.7. The van der Waals surface area contributed by atoms with E-state index < -0.39 is 6.67 Å². The van der Waals surface area contributed by atoms with Crippen molar-refractivity contribution in [2.75, 3.05) is 12.0 Å². The second-order valence-electron chi connectivity index (χ2n) is 7.27. The predicted molar refractivity (Wildman–Crippen MR) is 105 cm³/mol. The summed E-state index contributed by atoms with van der Waals surface area (Å²) < 4.78 is 14.9. The number of nitrogens with zero attached hydrogens (tertiary/aromatic N) is 5. The van der Waals surface area contributed by atoms with Gasteiger partial charge in [0.15, 0.2) is 5.65 Å². The fourth-order valence-electron chi connectivity index (χ4n) is 3.60. The molecule has 1 aliphatic rings. The van der Waals surface area contributed by atoms with Crippen LogP contribution in [0.1, 0.15) is 49.5 Å². The highest BCUT2D eigenvalue weighted by molar-refractivity contribution is 5.87. The van der Waals surface area contributed by atoms with Gasteiger partial charge in [0.1, 0.15) is 12.5 Å². The highest BCUT2D eigenvalue weighted by atomic mass is 19.1. The number of anilines is 1. The average Bonchev–Trinajstić information content (AvgIpc) is 3.20. The molecule has 0 bridgehead atoms. The Bertz CT molecular complexity index is 1040. The molecule has 3 aromatic heterocycles. The van der Waals surface area contributed by atoms with Crippen LogP contribution in [0.5, 0.6) is 0 Å². The second-order valence-corrected chi connectivity index (χ2v) is 7.27. The van der Waals surface area contributed by atoms with Gasteiger partial charge in [-0.3, -0.25) is 0 Å². The van der Waals surface area contributed by atoms with E-state index in [2.05, 4.69) is 55.8 Å². The lowest BCUT2D eigenvalue weighted by molar-refractivity contribution is 0.459. The van der Waals surface area contributed by atoms with Crippen LogP contribution in [0, 0.1) is 6.92 Å². The van der Waals surface area contributed by atoms with E-state index in [-0.39, 0.29) is 6.04 Å². The molecule has 0 saturated heterocycles. The number of halogens is 1. The molecule has 27 heavy (non-hydrogen) atoms. The van der Waals surface area contributed by atoms with Gasteiger partial charge in [-0.25, -0.2) is 24.3 Å². The zero-order valence-corrected chi connectivity index (χ0v) is 16.0. The molecule has 140 valence electrons. The number of nitrogens with one attached hydrogen (secondary N) is 1. The lowest BCUT2D eigenvalue weighted by Crippen LogP contribution is -2.19. The lowest BCUT2D eigenvalue weighted by Gasteiger charge is -2.12. The van der Waals surface area contributed by atoms with Crippen molar-refractivity contribution >= 4 is 22.7 Å². The molecule has 0 aliphatic heterocycles. The summed E-state index contributed by atoms with van der Waals surface area (Å²) in [6, 6.07) is 2.15. The Morgan fingerprint density at radius 3 is 2.74 bits per heavy atom. The van der Waals surface area contributed by atoms with E-state index in [1.54, 1.807) is 6.92 Å². The van der Waals surface area contributed by atoms with Gasteiger partial charge in [0.05, 0.1) is 17.3 Å². The first-order valence-electron chi connectivity index (χ1n) is 9.21. The number of imidazole rings is 1. The van der Waals surface area contributed by atoms with Crippen LogP contribution in [-0.2, 0) is 6.42 Å². The van der Waals surface area contributed by atoms with Gasteiger partial charge in [-0.15, -0.1) is 0 Å². The van der Waals surface area contributed by atoms with Crippen molar-refractivity contribution in [2.24, 2.45) is 0 Å². The Labute approximate surface area is 157 Å². The molecule has 3 aromatic rings. The second kappa shape index (κ2) is 6.72. The number of aryl methyl sites for hydroxylation is 1. The van der Waals surface area contributed by atoms with Crippen LogP contribution in [0.3, 0.4) is 0 Å². The number of hydrogen-bond acceptors (Lipinski definition) is 5. The molecule has 4 rings (SSSR count). The van der Waals surface area contributed by atoms with Crippen LogP contribution < -0.4 is 5.32 Å². The van der Waals surface area contributed by atoms with Crippen LogP contribution in [0.15, 0.2) is 24.5 Å². The van der Waals surface area contributed by atoms with Crippen molar-refractivity contribution in [3.05, 3.63) is 47.2 Å². The van der Waals surface area contributed by atoms with Crippen molar-refractivity contribution in [2.45, 2.75) is 46.2 Å². The van der Waals surface area contributed by atoms with Crippen molar-refractivity contribution in [1.82, 2.24) is 24.5 Å². The minimum Gasteiger partial charge on any atom is -0.349 e. The Hall–Kier alpha value is -2.83. The van der Waals surface area contributed by atoms with Gasteiger partial charge < -0.3 is 9.88 Å². The summed E-state index contributed by atoms with van der Waals surface area (Å²) in [6.45, 7) is 7.60. The van der Waals surface area contributed by atoms with Crippen molar-refractivity contribution in [3.63, 3.8) is 0 Å². The minimum atomic E-state index is -0.460. The third kappa shape index (κ3) is 3.07. The third-order valence-corrected chi connectivity index (χ3v) is 4.81. The molecule has 0 fully saturated rings. The third-order valence-electron chi connectivity index (χ3n) is 4.81. The number of alkyl halides is 1. The molecule has 0 amide bonds. The molecule has 0 unspecified atom stereocenters. The summed E-state index contributed by atoms with van der Waals surface area (Å²) >= 11 is 0. The van der Waals surface area contributed by atoms with Gasteiger partial charge in [-0.2, -0.15) is 0 Å². The van der Waals surface area contributed by atoms with E-state index in [0.29, 0.717) is 12.0 Å². The molecule has 3 heterocycles. The molecular formula is C20H23FN6. The first-order valence-corrected chi connectivity index (χ1v) is 9.21. The van der Waals surface area contributed by atoms with Gasteiger partial charge in [-0.1, -0.05) is 6.08 Å². The quantitative estimate of drug-likeness (QED) is 0.742. The van der Waals surface area contributed by atoms with E-state index >= 15 is 0 Å². The van der Waals surface area contributed by atoms with Gasteiger partial charge in [0.2, 0.25) is 5.95 Å². The Morgan fingerprint density at radius 1 is 1.19 bits per heavy atom. The zero-order valence-electron chi connectivity index (χ0n) is 16.0. The molecule has 0 saturated carbocycles. The number of rotatable bonds is 5. The number of hydrogen-bond donors (Lipinski definition) is 1. The zero-order chi connectivity index (χ0) is 19.1. The van der Waals surface area contributed by atoms with E-state index in [4.69, 9.17) is 0 Å². The topological polar surface area (TPSA) is 68.5 Å². The average molecular weight is 366 g/mol. The van der Waals surface area contributed by atoms with Gasteiger partial charge >= 0.3 is 0 Å². The fraction of sp³-hybridized carbons (Fsp3) is 0.400. The number of pyridine rings is 1. The Morgan fingerprint density at radius 2 is 2.00 bits per heavy atom. The van der Waals surface area contributed by atoms with E-state index in [1.807, 2.05) is 19.3 Å². The summed E-state index contributed by atoms with van der Waals surface area (Å²) in [5.41, 5.74) is 5.86. The normalized spacial score (nSPS) is 14.5. The van der Waals surface area contributed by atoms with Crippen LogP contribution in [-0.4, -0.2) is 37.2 Å². The molecule has 1 atom stereocenters. The Balaban J connectivity index is 1.71. The van der Waals surface area contributed by atoms with E-state index in [0.717, 1.165) is 45.8 Å². The lowest BCUT2D eigenvalue weighted by atomic mass is 10.0. The predicted octanol–water partition coefficient (Wildman–Crippen LogP) is 3.87. The Kier molecular flexibility index (Phi) is 4.37. The molecule has 1 aliphatic carbocycles. The summed E-state index contributed by atoms with van der Waals surface area (Å²) in [6.07, 6.45) is 6.54.